The van der Waals surface area contributed by atoms with Crippen LogP contribution in [0.1, 0.15) is 43.6 Å². The number of aromatic nitrogens is 2. The summed E-state index contributed by atoms with van der Waals surface area (Å²) in [5.41, 5.74) is 9.39. The Morgan fingerprint density at radius 3 is 1.82 bits per heavy atom. The molecule has 0 bridgehead atoms. The SMILES string of the molecule is CC(=O)C(C)N.CC(=O)C(C)NCc1cn(C)c2ccccc12.Cn1cc(C=O)c2ccccc21.[B].[C-]#N.[Na+]. The van der Waals surface area contributed by atoms with Gasteiger partial charge in [-0.15, -0.1) is 0 Å². The van der Waals surface area contributed by atoms with Crippen molar-refractivity contribution < 1.29 is 43.9 Å². The molecule has 0 aliphatic carbocycles. The standard InChI is InChI=1S/C14H18N2O.C10H9NO.C4H9NO.CN.B.Na/c1-10(11(2)17)15-8-12-9-16(3)14-7-5-4-6-13(12)14;1-11-6-8(7-12)9-4-2-3-5-10(9)11;1-3(5)4(2)6;1-2;;/h4-7,9-10,15H,8H2,1-3H3;2-7H,1H3;3H,5H2,1-2H3;;;/q;;;-1;;+1. The fourth-order valence-electron chi connectivity index (χ4n) is 3.44. The maximum Gasteiger partial charge on any atom is 1.00 e. The fourth-order valence-corrected chi connectivity index (χ4v) is 3.44. The fraction of sp³-hybridized carbons (Fsp3) is 0.310. The predicted molar refractivity (Wildman–Crippen MR) is 153 cm³/mol. The van der Waals surface area contributed by atoms with Gasteiger partial charge in [0.05, 0.1) is 12.1 Å². The molecule has 0 saturated heterocycles. The number of carbonyl (C=O) groups excluding carboxylic acids is 3. The molecule has 2 unspecified atom stereocenters. The maximum absolute atomic E-state index is 11.2. The van der Waals surface area contributed by atoms with Gasteiger partial charge in [-0.1, -0.05) is 36.4 Å². The number of Topliss-reactive ketones (excluding diaryl/α,β-unsaturated/α-hetero) is 2. The smallest absolute Gasteiger partial charge is 0.512 e. The average molecular weight is 536 g/mol. The second-order valence-corrected chi connectivity index (χ2v) is 8.73. The molecule has 2 heterocycles. The van der Waals surface area contributed by atoms with E-state index in [1.54, 1.807) is 13.8 Å². The Morgan fingerprint density at radius 1 is 0.923 bits per heavy atom. The average Bonchev–Trinajstić information content (AvgIpc) is 3.40. The predicted octanol–water partition coefficient (Wildman–Crippen LogP) is 0.878. The Kier molecular flexibility index (Phi) is 18.7. The zero-order chi connectivity index (χ0) is 28.1. The molecule has 0 amide bonds. The first-order valence-corrected chi connectivity index (χ1v) is 11.8. The molecule has 10 heteroatoms. The van der Waals surface area contributed by atoms with E-state index in [0.29, 0.717) is 0 Å². The van der Waals surface area contributed by atoms with E-state index in [9.17, 15) is 14.4 Å². The Hall–Kier alpha value is -3.00. The largest absolute Gasteiger partial charge is 1.00 e. The zero-order valence-corrected chi connectivity index (χ0v) is 25.9. The van der Waals surface area contributed by atoms with E-state index in [-0.39, 0.29) is 61.6 Å². The van der Waals surface area contributed by atoms with Gasteiger partial charge in [0, 0.05) is 68.8 Å². The van der Waals surface area contributed by atoms with Crippen LogP contribution in [0.15, 0.2) is 60.9 Å². The first kappa shape index (κ1) is 38.2. The number of hydrogen-bond acceptors (Lipinski definition) is 6. The van der Waals surface area contributed by atoms with Crippen molar-refractivity contribution in [3.05, 3.63) is 78.6 Å². The third kappa shape index (κ3) is 11.3. The topological polar surface area (TPSA) is 123 Å². The molecule has 0 spiro atoms. The molecule has 3 N–H and O–H groups in total. The van der Waals surface area contributed by atoms with Crippen LogP contribution in [0.2, 0.25) is 0 Å². The minimum absolute atomic E-state index is 0. The molecule has 0 fully saturated rings. The van der Waals surface area contributed by atoms with E-state index in [1.165, 1.54) is 23.4 Å². The maximum atomic E-state index is 11.2. The Labute approximate surface area is 255 Å². The summed E-state index contributed by atoms with van der Waals surface area (Å²) in [4.78, 5) is 31.8. The van der Waals surface area contributed by atoms with Gasteiger partial charge in [0.15, 0.2) is 6.29 Å². The third-order valence-electron chi connectivity index (χ3n) is 5.88. The number of fused-ring (bicyclic) bond motifs is 2. The number of nitrogens with zero attached hydrogens (tertiary/aromatic N) is 3. The summed E-state index contributed by atoms with van der Waals surface area (Å²) in [5.74, 6) is 0.209. The van der Waals surface area contributed by atoms with E-state index in [0.717, 1.165) is 29.3 Å². The minimum Gasteiger partial charge on any atom is -0.512 e. The molecule has 0 aliphatic rings. The summed E-state index contributed by atoms with van der Waals surface area (Å²) < 4.78 is 4.07. The molecule has 0 aliphatic heterocycles. The second-order valence-electron chi connectivity index (χ2n) is 8.73. The van der Waals surface area contributed by atoms with Crippen LogP contribution in [-0.4, -0.2) is 47.5 Å². The molecular weight excluding hydrogens is 500 g/mol. The van der Waals surface area contributed by atoms with Crippen LogP contribution in [0.25, 0.3) is 21.8 Å². The molecular formula is C29H36BN5NaO3. The van der Waals surface area contributed by atoms with E-state index < -0.39 is 0 Å². The number of benzene rings is 2. The van der Waals surface area contributed by atoms with Crippen LogP contribution in [0, 0.1) is 11.8 Å². The van der Waals surface area contributed by atoms with Crippen molar-refractivity contribution in [3.8, 4) is 0 Å². The van der Waals surface area contributed by atoms with Gasteiger partial charge in [-0.05, 0) is 45.4 Å². The number of nitrogens with one attached hydrogen (secondary N) is 1. The summed E-state index contributed by atoms with van der Waals surface area (Å²) in [6.07, 6.45) is 4.85. The number of aldehydes is 1. The first-order chi connectivity index (χ1) is 17.6. The minimum atomic E-state index is -0.287. The number of rotatable bonds is 6. The van der Waals surface area contributed by atoms with Crippen LogP contribution >= 0.6 is 0 Å². The van der Waals surface area contributed by atoms with Crippen molar-refractivity contribution in [1.29, 1.82) is 5.26 Å². The van der Waals surface area contributed by atoms with E-state index in [1.807, 2.05) is 68.2 Å². The van der Waals surface area contributed by atoms with Crippen LogP contribution < -0.4 is 40.6 Å². The number of hydrogen-bond donors (Lipinski definition) is 2. The van der Waals surface area contributed by atoms with Gasteiger partial charge < -0.3 is 32.0 Å². The summed E-state index contributed by atoms with van der Waals surface area (Å²) >= 11 is 0. The first-order valence-electron chi connectivity index (χ1n) is 11.8. The molecule has 2 aromatic heterocycles. The molecule has 4 rings (SSSR count). The number of carbonyl (C=O) groups is 3. The Balaban J connectivity index is 0. The number of nitrogens with two attached hydrogens (primary N) is 1. The molecule has 199 valence electrons. The molecule has 4 aromatic rings. The normalized spacial score (nSPS) is 11.0. The van der Waals surface area contributed by atoms with Crippen LogP contribution in [0.5, 0.6) is 0 Å². The van der Waals surface area contributed by atoms with Gasteiger partial charge >= 0.3 is 29.6 Å². The Morgan fingerprint density at radius 2 is 1.36 bits per heavy atom. The third-order valence-corrected chi connectivity index (χ3v) is 5.88. The van der Waals surface area contributed by atoms with Gasteiger partial charge in [-0.2, -0.15) is 0 Å². The van der Waals surface area contributed by atoms with Gasteiger partial charge in [-0.3, -0.25) is 14.4 Å². The van der Waals surface area contributed by atoms with Crippen molar-refractivity contribution in [2.45, 2.75) is 46.3 Å². The van der Waals surface area contributed by atoms with Crippen molar-refractivity contribution in [3.63, 3.8) is 0 Å². The molecule has 2 aromatic carbocycles. The van der Waals surface area contributed by atoms with Crippen LogP contribution in [0.4, 0.5) is 0 Å². The molecule has 8 nitrogen and oxygen atoms in total. The van der Waals surface area contributed by atoms with Gasteiger partial charge in [0.25, 0.3) is 0 Å². The van der Waals surface area contributed by atoms with Gasteiger partial charge in [0.2, 0.25) is 0 Å². The number of para-hydroxylation sites is 2. The van der Waals surface area contributed by atoms with Gasteiger partial charge in [0.1, 0.15) is 11.6 Å². The summed E-state index contributed by atoms with van der Waals surface area (Å²) in [6.45, 7) is 12.1. The van der Waals surface area contributed by atoms with E-state index in [4.69, 9.17) is 17.6 Å². The van der Waals surface area contributed by atoms with Crippen molar-refractivity contribution >= 4 is 48.1 Å². The quantitative estimate of drug-likeness (QED) is 0.214. The van der Waals surface area contributed by atoms with E-state index >= 15 is 0 Å². The monoisotopic (exact) mass is 536 g/mol. The van der Waals surface area contributed by atoms with E-state index in [2.05, 4.69) is 28.2 Å². The molecule has 39 heavy (non-hydrogen) atoms. The molecule has 2 atom stereocenters. The molecule has 0 saturated carbocycles. The van der Waals surface area contributed by atoms with Crippen molar-refractivity contribution in [2.24, 2.45) is 19.8 Å². The summed E-state index contributed by atoms with van der Waals surface area (Å²) in [6, 6.07) is 15.8. The van der Waals surface area contributed by atoms with Crippen LogP contribution in [0.3, 0.4) is 0 Å². The Bertz CT molecular complexity index is 1360. The van der Waals surface area contributed by atoms with Gasteiger partial charge in [-0.25, -0.2) is 0 Å². The molecule has 3 radical (unpaired) electrons. The number of ketones is 2. The van der Waals surface area contributed by atoms with Crippen molar-refractivity contribution in [1.82, 2.24) is 14.5 Å². The van der Waals surface area contributed by atoms with Crippen molar-refractivity contribution in [2.75, 3.05) is 0 Å². The van der Waals surface area contributed by atoms with Crippen LogP contribution in [-0.2, 0) is 30.2 Å². The second kappa shape index (κ2) is 19.1. The summed E-state index contributed by atoms with van der Waals surface area (Å²) in [5, 5.41) is 11.8. The summed E-state index contributed by atoms with van der Waals surface area (Å²) in [7, 11) is 3.98. The zero-order valence-electron chi connectivity index (χ0n) is 23.9. The number of aryl methyl sites for hydroxylation is 2.